The third-order valence-electron chi connectivity index (χ3n) is 4.96. The van der Waals surface area contributed by atoms with Gasteiger partial charge >= 0.3 is 0 Å². The molecule has 0 radical (unpaired) electrons. The fourth-order valence-electron chi connectivity index (χ4n) is 3.27. The molecule has 154 valence electrons. The Hall–Kier alpha value is -0.460. The molecule has 26 heavy (non-hydrogen) atoms. The van der Waals surface area contributed by atoms with Crippen LogP contribution in [0.5, 0.6) is 0 Å². The van der Waals surface area contributed by atoms with Gasteiger partial charge in [0, 0.05) is 6.61 Å². The van der Waals surface area contributed by atoms with Crippen LogP contribution in [0.3, 0.4) is 0 Å². The Labute approximate surface area is 159 Å². The van der Waals surface area contributed by atoms with Gasteiger partial charge in [0.15, 0.2) is 0 Å². The van der Waals surface area contributed by atoms with E-state index < -0.39 is 31.0 Å². The van der Waals surface area contributed by atoms with Crippen molar-refractivity contribution in [3.05, 3.63) is 12.2 Å². The van der Waals surface area contributed by atoms with Crippen LogP contribution < -0.4 is 0 Å². The number of unbranched alkanes of at least 4 members (excludes halogenated alkanes) is 9. The largest absolute Gasteiger partial charge is 0.394 e. The van der Waals surface area contributed by atoms with E-state index in [0.29, 0.717) is 6.61 Å². The second-order valence-electron chi connectivity index (χ2n) is 7.32. The van der Waals surface area contributed by atoms with Gasteiger partial charge in [-0.1, -0.05) is 64.0 Å². The summed E-state index contributed by atoms with van der Waals surface area (Å²) in [7, 11) is 0. The SMILES string of the molecule is CCC/C=C/CCCCCCCCCCO[C@H]1CO[C@H]([C@H](O)CO)[C@@H]1O. The fraction of sp³-hybridized carbons (Fsp3) is 0.905. The molecule has 0 saturated carbocycles. The van der Waals surface area contributed by atoms with Gasteiger partial charge in [-0.15, -0.1) is 0 Å². The zero-order valence-corrected chi connectivity index (χ0v) is 16.5. The summed E-state index contributed by atoms with van der Waals surface area (Å²) in [5.74, 6) is 0. The van der Waals surface area contributed by atoms with E-state index in [1.54, 1.807) is 0 Å². The minimum atomic E-state index is -1.05. The average molecular weight is 373 g/mol. The van der Waals surface area contributed by atoms with Crippen molar-refractivity contribution in [3.63, 3.8) is 0 Å². The van der Waals surface area contributed by atoms with Crippen LogP contribution in [0.15, 0.2) is 12.2 Å². The van der Waals surface area contributed by atoms with Gasteiger partial charge in [-0.25, -0.2) is 0 Å². The number of hydrogen-bond acceptors (Lipinski definition) is 5. The highest BCUT2D eigenvalue weighted by molar-refractivity contribution is 4.88. The van der Waals surface area contributed by atoms with Crippen molar-refractivity contribution in [1.82, 2.24) is 0 Å². The van der Waals surface area contributed by atoms with Gasteiger partial charge in [0.05, 0.1) is 13.2 Å². The molecule has 0 bridgehead atoms. The molecule has 1 rings (SSSR count). The second-order valence-corrected chi connectivity index (χ2v) is 7.32. The maximum atomic E-state index is 10.0. The molecule has 1 saturated heterocycles. The summed E-state index contributed by atoms with van der Waals surface area (Å²) in [4.78, 5) is 0. The molecule has 0 aromatic carbocycles. The highest BCUT2D eigenvalue weighted by Gasteiger charge is 2.40. The van der Waals surface area contributed by atoms with E-state index in [4.69, 9.17) is 14.6 Å². The molecule has 1 heterocycles. The van der Waals surface area contributed by atoms with Crippen molar-refractivity contribution >= 4 is 0 Å². The van der Waals surface area contributed by atoms with Crippen LogP contribution in [0.2, 0.25) is 0 Å². The maximum absolute atomic E-state index is 10.0. The zero-order chi connectivity index (χ0) is 19.0. The monoisotopic (exact) mass is 372 g/mol. The summed E-state index contributed by atoms with van der Waals surface area (Å²) >= 11 is 0. The molecule has 1 aliphatic heterocycles. The lowest BCUT2D eigenvalue weighted by molar-refractivity contribution is -0.0730. The minimum absolute atomic E-state index is 0.274. The molecule has 1 fully saturated rings. The number of aliphatic hydroxyl groups excluding tert-OH is 3. The molecule has 0 aromatic rings. The van der Waals surface area contributed by atoms with Crippen LogP contribution in [-0.4, -0.2) is 59.6 Å². The molecule has 3 N–H and O–H groups in total. The Bertz CT molecular complexity index is 347. The lowest BCUT2D eigenvalue weighted by Crippen LogP contribution is -2.41. The van der Waals surface area contributed by atoms with Crippen molar-refractivity contribution < 1.29 is 24.8 Å². The quantitative estimate of drug-likeness (QED) is 0.286. The van der Waals surface area contributed by atoms with Crippen molar-refractivity contribution in [2.75, 3.05) is 19.8 Å². The number of aliphatic hydroxyl groups is 3. The summed E-state index contributed by atoms with van der Waals surface area (Å²) in [6.07, 6.45) is 15.2. The Balaban J connectivity index is 1.87. The van der Waals surface area contributed by atoms with Crippen molar-refractivity contribution in [3.8, 4) is 0 Å². The van der Waals surface area contributed by atoms with Gasteiger partial charge in [0.25, 0.3) is 0 Å². The summed E-state index contributed by atoms with van der Waals surface area (Å²) in [6.45, 7) is 2.68. The van der Waals surface area contributed by atoms with E-state index in [0.717, 1.165) is 12.8 Å². The molecular formula is C21H40O5. The van der Waals surface area contributed by atoms with Crippen LogP contribution in [0.25, 0.3) is 0 Å². The van der Waals surface area contributed by atoms with Crippen molar-refractivity contribution in [2.45, 2.75) is 102 Å². The van der Waals surface area contributed by atoms with Gasteiger partial charge in [0.1, 0.15) is 24.4 Å². The first-order valence-corrected chi connectivity index (χ1v) is 10.6. The molecule has 4 atom stereocenters. The topological polar surface area (TPSA) is 79.2 Å². The smallest absolute Gasteiger partial charge is 0.114 e. The Morgan fingerprint density at radius 2 is 1.62 bits per heavy atom. The molecule has 0 unspecified atom stereocenters. The molecule has 5 nitrogen and oxygen atoms in total. The number of hydrogen-bond donors (Lipinski definition) is 3. The van der Waals surface area contributed by atoms with E-state index in [9.17, 15) is 10.2 Å². The summed E-state index contributed by atoms with van der Waals surface area (Å²) < 4.78 is 11.0. The van der Waals surface area contributed by atoms with Crippen LogP contribution in [0.4, 0.5) is 0 Å². The number of rotatable bonds is 16. The van der Waals surface area contributed by atoms with E-state index >= 15 is 0 Å². The predicted molar refractivity (Wildman–Crippen MR) is 104 cm³/mol. The first-order chi connectivity index (χ1) is 12.7. The Kier molecular flexibility index (Phi) is 14.1. The molecular weight excluding hydrogens is 332 g/mol. The van der Waals surface area contributed by atoms with Gasteiger partial charge in [-0.2, -0.15) is 0 Å². The predicted octanol–water partition coefficient (Wildman–Crippen LogP) is 3.35. The lowest BCUT2D eigenvalue weighted by atomic mass is 10.1. The van der Waals surface area contributed by atoms with E-state index in [1.165, 1.54) is 57.8 Å². The minimum Gasteiger partial charge on any atom is -0.394 e. The molecule has 0 spiro atoms. The maximum Gasteiger partial charge on any atom is 0.114 e. The lowest BCUT2D eigenvalue weighted by Gasteiger charge is -2.20. The first-order valence-electron chi connectivity index (χ1n) is 10.6. The van der Waals surface area contributed by atoms with Gasteiger partial charge in [-0.3, -0.25) is 0 Å². The Morgan fingerprint density at radius 3 is 2.27 bits per heavy atom. The van der Waals surface area contributed by atoms with Crippen LogP contribution in [0.1, 0.15) is 77.6 Å². The van der Waals surface area contributed by atoms with Gasteiger partial charge in [-0.05, 0) is 25.7 Å². The molecule has 0 aliphatic carbocycles. The van der Waals surface area contributed by atoms with E-state index in [2.05, 4.69) is 19.1 Å². The normalized spacial score (nSPS) is 24.5. The van der Waals surface area contributed by atoms with E-state index in [-0.39, 0.29) is 6.61 Å². The van der Waals surface area contributed by atoms with Crippen molar-refractivity contribution in [2.24, 2.45) is 0 Å². The third kappa shape index (κ3) is 10.0. The first kappa shape index (κ1) is 23.6. The van der Waals surface area contributed by atoms with Gasteiger partial charge in [0.2, 0.25) is 0 Å². The number of ether oxygens (including phenoxy) is 2. The molecule has 0 aromatic heterocycles. The number of allylic oxidation sites excluding steroid dienone is 2. The van der Waals surface area contributed by atoms with Crippen LogP contribution in [0, 0.1) is 0 Å². The molecule has 0 amide bonds. The zero-order valence-electron chi connectivity index (χ0n) is 16.5. The van der Waals surface area contributed by atoms with Crippen molar-refractivity contribution in [1.29, 1.82) is 0 Å². The van der Waals surface area contributed by atoms with Crippen LogP contribution >= 0.6 is 0 Å². The molecule has 5 heteroatoms. The Morgan fingerprint density at radius 1 is 1.00 bits per heavy atom. The standard InChI is InChI=1S/C21H40O5/c1-2-3-4-5-6-7-8-9-10-11-12-13-14-15-25-19-17-26-21(20(19)24)18(23)16-22/h4-5,18-24H,2-3,6-17H2,1H3/b5-4+/t18-,19+,20-,21-/m1/s1. The van der Waals surface area contributed by atoms with E-state index in [1.807, 2.05) is 0 Å². The molecule has 1 aliphatic rings. The summed E-state index contributed by atoms with van der Waals surface area (Å²) in [5, 5.41) is 28.5. The summed E-state index contributed by atoms with van der Waals surface area (Å²) in [5.41, 5.74) is 0. The highest BCUT2D eigenvalue weighted by Crippen LogP contribution is 2.20. The fourth-order valence-corrected chi connectivity index (χ4v) is 3.27. The average Bonchev–Trinajstić information content (AvgIpc) is 3.02. The highest BCUT2D eigenvalue weighted by atomic mass is 16.6. The second kappa shape index (κ2) is 15.6. The van der Waals surface area contributed by atoms with Crippen LogP contribution in [-0.2, 0) is 9.47 Å². The summed E-state index contributed by atoms with van der Waals surface area (Å²) in [6, 6.07) is 0. The third-order valence-corrected chi connectivity index (χ3v) is 4.96. The van der Waals surface area contributed by atoms with Gasteiger partial charge < -0.3 is 24.8 Å².